The first-order valence-corrected chi connectivity index (χ1v) is 7.90. The number of rotatable bonds is 4. The topological polar surface area (TPSA) is 29.9 Å². The standard InChI is InChI=1S/C16H15FIN3/c1-2-21-15-6-4-3-5-14(15)20-16(21)10-19-13-8-7-11(17)9-12(13)18/h3-9,19H,2,10H2,1H3. The number of hydrogen-bond donors (Lipinski definition) is 1. The zero-order chi connectivity index (χ0) is 14.8. The highest BCUT2D eigenvalue weighted by atomic mass is 127. The third kappa shape index (κ3) is 2.88. The van der Waals surface area contributed by atoms with E-state index < -0.39 is 0 Å². The normalized spacial score (nSPS) is 11.0. The maximum atomic E-state index is 13.1. The van der Waals surface area contributed by atoms with Crippen molar-refractivity contribution >= 4 is 39.3 Å². The minimum atomic E-state index is -0.217. The van der Waals surface area contributed by atoms with Crippen LogP contribution in [0, 0.1) is 9.39 Å². The van der Waals surface area contributed by atoms with E-state index in [1.165, 1.54) is 12.1 Å². The minimum Gasteiger partial charge on any atom is -0.377 e. The van der Waals surface area contributed by atoms with E-state index in [4.69, 9.17) is 0 Å². The number of aromatic nitrogens is 2. The van der Waals surface area contributed by atoms with Crippen molar-refractivity contribution in [1.82, 2.24) is 9.55 Å². The van der Waals surface area contributed by atoms with E-state index in [1.807, 2.05) is 18.2 Å². The van der Waals surface area contributed by atoms with Gasteiger partial charge in [0.15, 0.2) is 0 Å². The van der Waals surface area contributed by atoms with Crippen LogP contribution in [0.25, 0.3) is 11.0 Å². The van der Waals surface area contributed by atoms with E-state index in [-0.39, 0.29) is 5.82 Å². The molecule has 108 valence electrons. The number of halogens is 2. The lowest BCUT2D eigenvalue weighted by Gasteiger charge is -2.10. The fraction of sp³-hybridized carbons (Fsp3) is 0.188. The molecule has 1 aromatic heterocycles. The van der Waals surface area contributed by atoms with Gasteiger partial charge in [0, 0.05) is 15.8 Å². The molecule has 0 unspecified atom stereocenters. The van der Waals surface area contributed by atoms with E-state index in [0.29, 0.717) is 6.54 Å². The Hall–Kier alpha value is -1.63. The quantitative estimate of drug-likeness (QED) is 0.664. The molecule has 3 rings (SSSR count). The van der Waals surface area contributed by atoms with Crippen molar-refractivity contribution in [1.29, 1.82) is 0 Å². The van der Waals surface area contributed by atoms with Gasteiger partial charge in [-0.1, -0.05) is 12.1 Å². The summed E-state index contributed by atoms with van der Waals surface area (Å²) >= 11 is 2.13. The summed E-state index contributed by atoms with van der Waals surface area (Å²) in [5.74, 6) is 0.768. The largest absolute Gasteiger partial charge is 0.377 e. The molecular weight excluding hydrogens is 380 g/mol. The van der Waals surface area contributed by atoms with Crippen LogP contribution in [-0.4, -0.2) is 9.55 Å². The molecule has 0 atom stereocenters. The highest BCUT2D eigenvalue weighted by Gasteiger charge is 2.09. The van der Waals surface area contributed by atoms with Gasteiger partial charge in [-0.2, -0.15) is 0 Å². The SMILES string of the molecule is CCn1c(CNc2ccc(F)cc2I)nc2ccccc21. The number of aryl methyl sites for hydroxylation is 1. The second-order valence-electron chi connectivity index (χ2n) is 4.74. The Morgan fingerprint density at radius 1 is 1.24 bits per heavy atom. The highest BCUT2D eigenvalue weighted by Crippen LogP contribution is 2.21. The molecule has 0 saturated heterocycles. The predicted octanol–water partition coefficient (Wildman–Crippen LogP) is 4.41. The van der Waals surface area contributed by atoms with Crippen LogP contribution in [-0.2, 0) is 13.1 Å². The Labute approximate surface area is 136 Å². The van der Waals surface area contributed by atoms with Crippen molar-refractivity contribution in [2.45, 2.75) is 20.0 Å². The zero-order valence-corrected chi connectivity index (χ0v) is 13.8. The molecule has 2 aromatic carbocycles. The number of benzene rings is 2. The van der Waals surface area contributed by atoms with Crippen LogP contribution in [0.15, 0.2) is 42.5 Å². The van der Waals surface area contributed by atoms with E-state index in [0.717, 1.165) is 32.7 Å². The maximum absolute atomic E-state index is 13.1. The minimum absolute atomic E-state index is 0.217. The van der Waals surface area contributed by atoms with Gasteiger partial charge in [0.2, 0.25) is 0 Å². The smallest absolute Gasteiger partial charge is 0.129 e. The fourth-order valence-electron chi connectivity index (χ4n) is 2.42. The molecule has 0 amide bonds. The van der Waals surface area contributed by atoms with Gasteiger partial charge in [-0.25, -0.2) is 9.37 Å². The summed E-state index contributed by atoms with van der Waals surface area (Å²) in [5, 5.41) is 3.33. The van der Waals surface area contributed by atoms with Crippen molar-refractivity contribution < 1.29 is 4.39 Å². The van der Waals surface area contributed by atoms with Gasteiger partial charge in [-0.15, -0.1) is 0 Å². The van der Waals surface area contributed by atoms with Crippen LogP contribution in [0.5, 0.6) is 0 Å². The Bertz CT molecular complexity index is 782. The third-order valence-corrected chi connectivity index (χ3v) is 4.31. The number of imidazole rings is 1. The fourth-order valence-corrected chi connectivity index (χ4v) is 3.09. The predicted molar refractivity (Wildman–Crippen MR) is 91.9 cm³/mol. The van der Waals surface area contributed by atoms with Crippen molar-refractivity contribution in [3.05, 3.63) is 57.7 Å². The zero-order valence-electron chi connectivity index (χ0n) is 11.6. The summed E-state index contributed by atoms with van der Waals surface area (Å²) < 4.78 is 16.2. The Balaban J connectivity index is 1.88. The van der Waals surface area contributed by atoms with Gasteiger partial charge in [0.05, 0.1) is 17.6 Å². The third-order valence-electron chi connectivity index (χ3n) is 3.42. The number of anilines is 1. The lowest BCUT2D eigenvalue weighted by molar-refractivity contribution is 0.627. The molecule has 21 heavy (non-hydrogen) atoms. The van der Waals surface area contributed by atoms with Crippen molar-refractivity contribution in [3.8, 4) is 0 Å². The summed E-state index contributed by atoms with van der Waals surface area (Å²) in [6, 6.07) is 12.9. The van der Waals surface area contributed by atoms with Gasteiger partial charge in [-0.3, -0.25) is 0 Å². The number of para-hydroxylation sites is 2. The number of hydrogen-bond acceptors (Lipinski definition) is 2. The molecular formula is C16H15FIN3. The van der Waals surface area contributed by atoms with Crippen LogP contribution < -0.4 is 5.32 Å². The highest BCUT2D eigenvalue weighted by molar-refractivity contribution is 14.1. The molecule has 0 spiro atoms. The summed E-state index contributed by atoms with van der Waals surface area (Å²) in [6.07, 6.45) is 0. The maximum Gasteiger partial charge on any atom is 0.129 e. The van der Waals surface area contributed by atoms with Crippen LogP contribution in [0.3, 0.4) is 0 Å². The van der Waals surface area contributed by atoms with Crippen LogP contribution in [0.2, 0.25) is 0 Å². The summed E-state index contributed by atoms with van der Waals surface area (Å²) in [7, 11) is 0. The van der Waals surface area contributed by atoms with Gasteiger partial charge in [-0.05, 0) is 59.8 Å². The van der Waals surface area contributed by atoms with Crippen molar-refractivity contribution in [3.63, 3.8) is 0 Å². The molecule has 0 aliphatic carbocycles. The lowest BCUT2D eigenvalue weighted by atomic mass is 10.3. The molecule has 0 radical (unpaired) electrons. The number of fused-ring (bicyclic) bond motifs is 1. The molecule has 1 N–H and O–H groups in total. The molecule has 0 fully saturated rings. The van der Waals surface area contributed by atoms with E-state index >= 15 is 0 Å². The van der Waals surface area contributed by atoms with Gasteiger partial charge < -0.3 is 9.88 Å². The van der Waals surface area contributed by atoms with Gasteiger partial charge in [0.1, 0.15) is 11.6 Å². The molecule has 3 aromatic rings. The summed E-state index contributed by atoms with van der Waals surface area (Å²) in [4.78, 5) is 4.67. The first-order valence-electron chi connectivity index (χ1n) is 6.82. The molecule has 0 aliphatic heterocycles. The second kappa shape index (κ2) is 6.01. The van der Waals surface area contributed by atoms with Crippen molar-refractivity contribution in [2.24, 2.45) is 0 Å². The van der Waals surface area contributed by atoms with Crippen molar-refractivity contribution in [2.75, 3.05) is 5.32 Å². The van der Waals surface area contributed by atoms with E-state index in [2.05, 4.69) is 50.4 Å². The first kappa shape index (κ1) is 14.3. The van der Waals surface area contributed by atoms with Crippen LogP contribution >= 0.6 is 22.6 Å². The van der Waals surface area contributed by atoms with E-state index in [9.17, 15) is 4.39 Å². The van der Waals surface area contributed by atoms with Gasteiger partial charge >= 0.3 is 0 Å². The molecule has 1 heterocycles. The number of nitrogens with one attached hydrogen (secondary N) is 1. The number of nitrogens with zero attached hydrogens (tertiary/aromatic N) is 2. The van der Waals surface area contributed by atoms with E-state index in [1.54, 1.807) is 6.07 Å². The molecule has 0 aliphatic rings. The average Bonchev–Trinajstić information content (AvgIpc) is 2.83. The second-order valence-corrected chi connectivity index (χ2v) is 5.90. The van der Waals surface area contributed by atoms with Gasteiger partial charge in [0.25, 0.3) is 0 Å². The van der Waals surface area contributed by atoms with Crippen LogP contribution in [0.4, 0.5) is 10.1 Å². The summed E-state index contributed by atoms with van der Waals surface area (Å²) in [5.41, 5.74) is 3.07. The van der Waals surface area contributed by atoms with Crippen LogP contribution in [0.1, 0.15) is 12.7 Å². The monoisotopic (exact) mass is 395 g/mol. The molecule has 0 saturated carbocycles. The average molecular weight is 395 g/mol. The lowest BCUT2D eigenvalue weighted by Crippen LogP contribution is -2.08. The molecule has 5 heteroatoms. The Kier molecular flexibility index (Phi) is 4.10. The molecule has 0 bridgehead atoms. The molecule has 3 nitrogen and oxygen atoms in total. The summed E-state index contributed by atoms with van der Waals surface area (Å²) in [6.45, 7) is 3.60. The Morgan fingerprint density at radius 2 is 2.05 bits per heavy atom. The Morgan fingerprint density at radius 3 is 2.81 bits per heavy atom. The first-order chi connectivity index (χ1) is 10.2.